The number of ether oxygens (including phenoxy) is 1. The maximum absolute atomic E-state index is 12.3. The van der Waals surface area contributed by atoms with Gasteiger partial charge in [-0.05, 0) is 17.0 Å². The predicted octanol–water partition coefficient (Wildman–Crippen LogP) is 3.59. The number of alkyl halides is 3. The van der Waals surface area contributed by atoms with Gasteiger partial charge in [0.25, 0.3) is 0 Å². The largest absolute Gasteiger partial charge is 0.408 e. The molecule has 2 rings (SSSR count). The summed E-state index contributed by atoms with van der Waals surface area (Å²) in [6, 6.07) is 0. The van der Waals surface area contributed by atoms with E-state index in [2.05, 4.69) is 24.0 Å². The second-order valence-corrected chi connectivity index (χ2v) is 6.25. The van der Waals surface area contributed by atoms with E-state index in [4.69, 9.17) is 4.74 Å². The number of nitrogens with zero attached hydrogens (tertiary/aromatic N) is 4. The molecule has 0 aliphatic rings. The fourth-order valence-corrected chi connectivity index (χ4v) is 2.22. The van der Waals surface area contributed by atoms with E-state index in [1.165, 1.54) is 18.0 Å². The minimum Gasteiger partial charge on any atom is -0.379 e. The molecular weight excluding hydrogens is 321 g/mol. The zero-order chi connectivity index (χ0) is 17.7. The molecule has 0 aromatic carbocycles. The van der Waals surface area contributed by atoms with Gasteiger partial charge in [0, 0.05) is 18.3 Å². The van der Waals surface area contributed by atoms with Crippen LogP contribution in [0.15, 0.2) is 24.8 Å². The molecule has 2 heterocycles. The van der Waals surface area contributed by atoms with Gasteiger partial charge < -0.3 is 4.74 Å². The number of halogens is 3. The topological polar surface area (TPSA) is 44.9 Å². The summed E-state index contributed by atoms with van der Waals surface area (Å²) < 4.78 is 45.3. The minimum absolute atomic E-state index is 0.0177. The molecule has 0 aliphatic carbocycles. The van der Waals surface area contributed by atoms with Crippen molar-refractivity contribution in [3.05, 3.63) is 35.9 Å². The lowest BCUT2D eigenvalue weighted by Crippen LogP contribution is -2.17. The zero-order valence-corrected chi connectivity index (χ0v) is 14.1. The second-order valence-electron chi connectivity index (χ2n) is 6.25. The van der Waals surface area contributed by atoms with Crippen LogP contribution in [-0.4, -0.2) is 39.0 Å². The molecule has 24 heavy (non-hydrogen) atoms. The van der Waals surface area contributed by atoms with Crippen molar-refractivity contribution in [3.8, 4) is 0 Å². The molecule has 0 N–H and O–H groups in total. The van der Waals surface area contributed by atoms with E-state index in [0.717, 1.165) is 10.2 Å². The molecule has 0 radical (unpaired) electrons. The lowest BCUT2D eigenvalue weighted by molar-refractivity contribution is -0.142. The Balaban J connectivity index is 1.73. The lowest BCUT2D eigenvalue weighted by Gasteiger charge is -2.10. The van der Waals surface area contributed by atoms with E-state index in [9.17, 15) is 13.2 Å². The van der Waals surface area contributed by atoms with Gasteiger partial charge in [-0.1, -0.05) is 20.8 Å². The first kappa shape index (κ1) is 18.5. The van der Waals surface area contributed by atoms with Crippen LogP contribution in [0.3, 0.4) is 0 Å². The summed E-state index contributed by atoms with van der Waals surface area (Å²) in [5.41, 5.74) is 1.92. The Hall–Kier alpha value is -1.83. The normalized spacial score (nSPS) is 13.6. The highest BCUT2D eigenvalue weighted by Gasteiger charge is 2.28. The number of aromatic nitrogens is 4. The van der Waals surface area contributed by atoms with Crippen LogP contribution in [-0.2, 0) is 17.8 Å². The van der Waals surface area contributed by atoms with Crippen LogP contribution in [0, 0.1) is 0 Å². The van der Waals surface area contributed by atoms with Gasteiger partial charge in [-0.25, -0.2) is 0 Å². The number of rotatable bonds is 8. The Bertz CT molecular complexity index is 633. The third-order valence-electron chi connectivity index (χ3n) is 3.72. The first-order valence-electron chi connectivity index (χ1n) is 7.94. The Labute approximate surface area is 139 Å². The first-order valence-corrected chi connectivity index (χ1v) is 7.94. The van der Waals surface area contributed by atoms with Gasteiger partial charge in [-0.15, -0.1) is 0 Å². The smallest absolute Gasteiger partial charge is 0.379 e. The highest BCUT2D eigenvalue weighted by Crippen LogP contribution is 2.20. The maximum atomic E-state index is 12.3. The Morgan fingerprint density at radius 2 is 1.67 bits per heavy atom. The molecule has 0 saturated carbocycles. The van der Waals surface area contributed by atoms with Crippen molar-refractivity contribution in [1.82, 2.24) is 19.6 Å². The monoisotopic (exact) mass is 344 g/mol. The van der Waals surface area contributed by atoms with Crippen molar-refractivity contribution in [2.24, 2.45) is 0 Å². The zero-order valence-electron chi connectivity index (χ0n) is 14.1. The fraction of sp³-hybridized carbons (Fsp3) is 0.625. The van der Waals surface area contributed by atoms with Gasteiger partial charge in [-0.2, -0.15) is 23.4 Å². The molecule has 1 unspecified atom stereocenters. The van der Waals surface area contributed by atoms with E-state index in [-0.39, 0.29) is 5.92 Å². The predicted molar refractivity (Wildman–Crippen MR) is 83.8 cm³/mol. The third kappa shape index (κ3) is 5.67. The van der Waals surface area contributed by atoms with Gasteiger partial charge >= 0.3 is 6.18 Å². The molecular formula is C16H23F3N4O. The summed E-state index contributed by atoms with van der Waals surface area (Å²) in [6.45, 7) is 6.62. The summed E-state index contributed by atoms with van der Waals surface area (Å²) in [7, 11) is 0. The van der Waals surface area contributed by atoms with Crippen LogP contribution in [0.2, 0.25) is 0 Å². The molecule has 8 heteroatoms. The van der Waals surface area contributed by atoms with Crippen LogP contribution >= 0.6 is 0 Å². The molecule has 2 aromatic heterocycles. The SMILES string of the molecule is CC(C)c1cnn(CCOCC(C)c2cnn(CC(F)(F)F)c2)c1. The fourth-order valence-electron chi connectivity index (χ4n) is 2.22. The number of hydrogen-bond donors (Lipinski definition) is 0. The van der Waals surface area contributed by atoms with E-state index < -0.39 is 12.7 Å². The quantitative estimate of drug-likeness (QED) is 0.688. The van der Waals surface area contributed by atoms with Gasteiger partial charge in [0.1, 0.15) is 6.54 Å². The molecule has 2 aromatic rings. The molecule has 1 atom stereocenters. The van der Waals surface area contributed by atoms with Crippen molar-refractivity contribution >= 4 is 0 Å². The summed E-state index contributed by atoms with van der Waals surface area (Å²) in [4.78, 5) is 0. The van der Waals surface area contributed by atoms with Crippen LogP contribution < -0.4 is 0 Å². The maximum Gasteiger partial charge on any atom is 0.408 e. The Kier molecular flexibility index (Phi) is 6.04. The molecule has 0 amide bonds. The van der Waals surface area contributed by atoms with E-state index in [1.54, 1.807) is 0 Å². The molecule has 0 fully saturated rings. The second kappa shape index (κ2) is 7.83. The summed E-state index contributed by atoms with van der Waals surface area (Å²) >= 11 is 0. The standard InChI is InChI=1S/C16H23F3N4O/c1-12(2)14-6-20-22(8-14)4-5-24-10-13(3)15-7-21-23(9-15)11-16(17,18)19/h6-9,12-13H,4-5,10-11H2,1-3H3. The van der Waals surface area contributed by atoms with Crippen molar-refractivity contribution in [3.63, 3.8) is 0 Å². The molecule has 134 valence electrons. The van der Waals surface area contributed by atoms with E-state index in [1.807, 2.05) is 24.0 Å². The van der Waals surface area contributed by atoms with E-state index in [0.29, 0.717) is 25.7 Å². The lowest BCUT2D eigenvalue weighted by atomic mass is 10.1. The van der Waals surface area contributed by atoms with Gasteiger partial charge in [0.2, 0.25) is 0 Å². The Morgan fingerprint density at radius 1 is 1.04 bits per heavy atom. The van der Waals surface area contributed by atoms with Crippen molar-refractivity contribution in [2.45, 2.75) is 51.9 Å². The molecule has 0 aliphatic heterocycles. The third-order valence-corrected chi connectivity index (χ3v) is 3.72. The molecule has 0 saturated heterocycles. The summed E-state index contributed by atoms with van der Waals surface area (Å²) in [5, 5.41) is 8.01. The van der Waals surface area contributed by atoms with Crippen LogP contribution in [0.25, 0.3) is 0 Å². The summed E-state index contributed by atoms with van der Waals surface area (Å²) in [5.74, 6) is 0.420. The van der Waals surface area contributed by atoms with Crippen LogP contribution in [0.5, 0.6) is 0 Å². The van der Waals surface area contributed by atoms with Crippen molar-refractivity contribution in [1.29, 1.82) is 0 Å². The van der Waals surface area contributed by atoms with Gasteiger partial charge in [0.15, 0.2) is 0 Å². The number of hydrogen-bond acceptors (Lipinski definition) is 3. The highest BCUT2D eigenvalue weighted by molar-refractivity contribution is 5.10. The highest BCUT2D eigenvalue weighted by atomic mass is 19.4. The molecule has 0 spiro atoms. The first-order chi connectivity index (χ1) is 11.2. The average Bonchev–Trinajstić information content (AvgIpc) is 3.11. The van der Waals surface area contributed by atoms with E-state index >= 15 is 0 Å². The molecule has 5 nitrogen and oxygen atoms in total. The van der Waals surface area contributed by atoms with Gasteiger partial charge in [0.05, 0.1) is 32.2 Å². The van der Waals surface area contributed by atoms with Crippen LogP contribution in [0.1, 0.15) is 43.7 Å². The minimum atomic E-state index is -4.26. The summed E-state index contributed by atoms with van der Waals surface area (Å²) in [6.07, 6.45) is 2.47. The van der Waals surface area contributed by atoms with Crippen molar-refractivity contribution < 1.29 is 17.9 Å². The van der Waals surface area contributed by atoms with Crippen molar-refractivity contribution in [2.75, 3.05) is 13.2 Å². The Morgan fingerprint density at radius 3 is 2.29 bits per heavy atom. The molecule has 0 bridgehead atoms. The van der Waals surface area contributed by atoms with Gasteiger partial charge in [-0.3, -0.25) is 9.36 Å². The average molecular weight is 344 g/mol. The van der Waals surface area contributed by atoms with Crippen LogP contribution in [0.4, 0.5) is 13.2 Å².